The van der Waals surface area contributed by atoms with Crippen LogP contribution in [0.4, 0.5) is 0 Å². The topological polar surface area (TPSA) is 29.5 Å². The van der Waals surface area contributed by atoms with Crippen molar-refractivity contribution >= 4 is 5.91 Å². The second-order valence-corrected chi connectivity index (χ2v) is 4.01. The normalized spacial score (nSPS) is 20.5. The Morgan fingerprint density at radius 2 is 2.00 bits per heavy atom. The van der Waals surface area contributed by atoms with Crippen LogP contribution >= 0.6 is 0 Å². The van der Waals surface area contributed by atoms with E-state index < -0.39 is 0 Å². The molecular formula is C10H19NO2. The Morgan fingerprint density at radius 1 is 1.31 bits per heavy atom. The quantitative estimate of drug-likeness (QED) is 0.657. The standard InChI is InChI=1S/C10H19NO2/c1-8(2)9(3)10(12)11-6-4-5-7-13-11/h8-9H,4-7H2,1-3H3. The second-order valence-electron chi connectivity index (χ2n) is 4.01. The minimum atomic E-state index is 0.0677. The summed E-state index contributed by atoms with van der Waals surface area (Å²) in [4.78, 5) is 17.0. The van der Waals surface area contributed by atoms with E-state index in [1.807, 2.05) is 6.92 Å². The van der Waals surface area contributed by atoms with Crippen LogP contribution < -0.4 is 0 Å². The fourth-order valence-corrected chi connectivity index (χ4v) is 1.28. The van der Waals surface area contributed by atoms with Gasteiger partial charge < -0.3 is 0 Å². The first-order valence-corrected chi connectivity index (χ1v) is 5.07. The van der Waals surface area contributed by atoms with Crippen LogP contribution in [0, 0.1) is 11.8 Å². The Morgan fingerprint density at radius 3 is 2.46 bits per heavy atom. The molecule has 0 radical (unpaired) electrons. The molecular weight excluding hydrogens is 166 g/mol. The lowest BCUT2D eigenvalue weighted by Crippen LogP contribution is -2.40. The fraction of sp³-hybridized carbons (Fsp3) is 0.900. The summed E-state index contributed by atoms with van der Waals surface area (Å²) < 4.78 is 0. The summed E-state index contributed by atoms with van der Waals surface area (Å²) in [6.45, 7) is 7.54. The molecule has 1 heterocycles. The molecule has 0 saturated carbocycles. The SMILES string of the molecule is CC(C)C(C)C(=O)N1CCCCO1. The van der Waals surface area contributed by atoms with E-state index in [0.29, 0.717) is 12.5 Å². The molecule has 1 fully saturated rings. The van der Waals surface area contributed by atoms with Crippen LogP contribution in [0.5, 0.6) is 0 Å². The first-order valence-electron chi connectivity index (χ1n) is 5.07. The highest BCUT2D eigenvalue weighted by atomic mass is 16.7. The Balaban J connectivity index is 2.45. The molecule has 0 N–H and O–H groups in total. The highest BCUT2D eigenvalue weighted by Crippen LogP contribution is 2.16. The van der Waals surface area contributed by atoms with Gasteiger partial charge in [-0.05, 0) is 18.8 Å². The van der Waals surface area contributed by atoms with Crippen molar-refractivity contribution in [2.24, 2.45) is 11.8 Å². The van der Waals surface area contributed by atoms with Gasteiger partial charge in [0.15, 0.2) is 0 Å². The van der Waals surface area contributed by atoms with Crippen LogP contribution in [-0.2, 0) is 9.63 Å². The molecule has 1 amide bonds. The third-order valence-electron chi connectivity index (χ3n) is 2.64. The van der Waals surface area contributed by atoms with Gasteiger partial charge in [-0.15, -0.1) is 0 Å². The molecule has 1 saturated heterocycles. The summed E-state index contributed by atoms with van der Waals surface area (Å²) in [6, 6.07) is 0. The zero-order valence-corrected chi connectivity index (χ0v) is 8.75. The van der Waals surface area contributed by atoms with Crippen molar-refractivity contribution in [2.75, 3.05) is 13.2 Å². The molecule has 3 nitrogen and oxygen atoms in total. The van der Waals surface area contributed by atoms with Crippen LogP contribution in [0.25, 0.3) is 0 Å². The fourth-order valence-electron chi connectivity index (χ4n) is 1.28. The lowest BCUT2D eigenvalue weighted by molar-refractivity contribution is -0.201. The van der Waals surface area contributed by atoms with Gasteiger partial charge in [-0.25, -0.2) is 5.06 Å². The summed E-state index contributed by atoms with van der Waals surface area (Å²) in [5.41, 5.74) is 0. The van der Waals surface area contributed by atoms with E-state index in [1.165, 1.54) is 5.06 Å². The lowest BCUT2D eigenvalue weighted by Gasteiger charge is -2.29. The number of amides is 1. The smallest absolute Gasteiger partial charge is 0.249 e. The third kappa shape index (κ3) is 2.69. The number of carbonyl (C=O) groups excluding carboxylic acids is 1. The van der Waals surface area contributed by atoms with Crippen LogP contribution in [-0.4, -0.2) is 24.1 Å². The van der Waals surface area contributed by atoms with E-state index >= 15 is 0 Å². The van der Waals surface area contributed by atoms with Crippen LogP contribution in [0.2, 0.25) is 0 Å². The minimum Gasteiger partial charge on any atom is -0.272 e. The van der Waals surface area contributed by atoms with Gasteiger partial charge in [0.25, 0.3) is 0 Å². The minimum absolute atomic E-state index is 0.0677. The predicted octanol–water partition coefficient (Wildman–Crippen LogP) is 1.83. The number of hydrogen-bond donors (Lipinski definition) is 0. The second kappa shape index (κ2) is 4.61. The van der Waals surface area contributed by atoms with E-state index in [9.17, 15) is 4.79 Å². The number of hydrogen-bond acceptors (Lipinski definition) is 2. The maximum atomic E-state index is 11.7. The highest BCUT2D eigenvalue weighted by molar-refractivity contribution is 5.77. The number of rotatable bonds is 2. The van der Waals surface area contributed by atoms with Crippen LogP contribution in [0.1, 0.15) is 33.6 Å². The summed E-state index contributed by atoms with van der Waals surface area (Å²) in [6.07, 6.45) is 2.14. The van der Waals surface area contributed by atoms with Crippen LogP contribution in [0.15, 0.2) is 0 Å². The molecule has 76 valence electrons. The van der Waals surface area contributed by atoms with Crippen molar-refractivity contribution in [2.45, 2.75) is 33.6 Å². The van der Waals surface area contributed by atoms with Gasteiger partial charge in [0.2, 0.25) is 5.91 Å². The molecule has 13 heavy (non-hydrogen) atoms. The van der Waals surface area contributed by atoms with E-state index in [-0.39, 0.29) is 11.8 Å². The van der Waals surface area contributed by atoms with Crippen LogP contribution in [0.3, 0.4) is 0 Å². The van der Waals surface area contributed by atoms with Crippen molar-refractivity contribution in [1.82, 2.24) is 5.06 Å². The molecule has 0 aromatic carbocycles. The molecule has 1 atom stereocenters. The number of carbonyl (C=O) groups is 1. The molecule has 0 spiro atoms. The summed E-state index contributed by atoms with van der Waals surface area (Å²) in [7, 11) is 0. The number of nitrogens with zero attached hydrogens (tertiary/aromatic N) is 1. The summed E-state index contributed by atoms with van der Waals surface area (Å²) in [5.74, 6) is 0.589. The average Bonchev–Trinajstić information content (AvgIpc) is 2.17. The van der Waals surface area contributed by atoms with Gasteiger partial charge in [-0.2, -0.15) is 0 Å². The Hall–Kier alpha value is -0.570. The predicted molar refractivity (Wildman–Crippen MR) is 50.9 cm³/mol. The average molecular weight is 185 g/mol. The maximum absolute atomic E-state index is 11.7. The molecule has 0 aromatic rings. The van der Waals surface area contributed by atoms with Gasteiger partial charge in [0.05, 0.1) is 6.61 Å². The van der Waals surface area contributed by atoms with Gasteiger partial charge >= 0.3 is 0 Å². The van der Waals surface area contributed by atoms with Gasteiger partial charge in [0, 0.05) is 12.5 Å². The van der Waals surface area contributed by atoms with E-state index in [4.69, 9.17) is 4.84 Å². The Bertz CT molecular complexity index is 174. The van der Waals surface area contributed by atoms with E-state index in [2.05, 4.69) is 13.8 Å². The van der Waals surface area contributed by atoms with Crippen molar-refractivity contribution in [3.05, 3.63) is 0 Å². The summed E-state index contributed by atoms with van der Waals surface area (Å²) >= 11 is 0. The van der Waals surface area contributed by atoms with Crippen molar-refractivity contribution in [1.29, 1.82) is 0 Å². The largest absolute Gasteiger partial charge is 0.272 e. The molecule has 0 aromatic heterocycles. The monoisotopic (exact) mass is 185 g/mol. The lowest BCUT2D eigenvalue weighted by atomic mass is 9.97. The molecule has 1 rings (SSSR count). The molecule has 0 aliphatic carbocycles. The molecule has 1 unspecified atom stereocenters. The Labute approximate surface area is 80.0 Å². The van der Waals surface area contributed by atoms with Crippen molar-refractivity contribution < 1.29 is 9.63 Å². The zero-order valence-electron chi connectivity index (χ0n) is 8.75. The van der Waals surface area contributed by atoms with Gasteiger partial charge in [-0.1, -0.05) is 20.8 Å². The zero-order chi connectivity index (χ0) is 9.84. The molecule has 0 bridgehead atoms. The van der Waals surface area contributed by atoms with Crippen molar-refractivity contribution in [3.8, 4) is 0 Å². The third-order valence-corrected chi connectivity index (χ3v) is 2.64. The van der Waals surface area contributed by atoms with Gasteiger partial charge in [-0.3, -0.25) is 9.63 Å². The van der Waals surface area contributed by atoms with Gasteiger partial charge in [0.1, 0.15) is 0 Å². The van der Waals surface area contributed by atoms with E-state index in [1.54, 1.807) is 0 Å². The first kappa shape index (κ1) is 10.5. The molecule has 1 aliphatic heterocycles. The first-order chi connectivity index (χ1) is 6.13. The molecule has 1 aliphatic rings. The maximum Gasteiger partial charge on any atom is 0.249 e. The number of hydroxylamine groups is 2. The summed E-state index contributed by atoms with van der Waals surface area (Å²) in [5, 5.41) is 1.54. The van der Waals surface area contributed by atoms with E-state index in [0.717, 1.165) is 19.4 Å². The Kier molecular flexibility index (Phi) is 3.72. The highest BCUT2D eigenvalue weighted by Gasteiger charge is 2.24. The van der Waals surface area contributed by atoms with Crippen molar-refractivity contribution in [3.63, 3.8) is 0 Å². The molecule has 3 heteroatoms.